The van der Waals surface area contributed by atoms with Crippen molar-refractivity contribution < 1.29 is 23.6 Å². The van der Waals surface area contributed by atoms with E-state index in [2.05, 4.69) is 53.2 Å². The highest BCUT2D eigenvalue weighted by Crippen LogP contribution is 2.41. The van der Waals surface area contributed by atoms with Gasteiger partial charge in [-0.3, -0.25) is 9.69 Å². The Kier molecular flexibility index (Phi) is 12.0. The minimum Gasteiger partial charge on any atom is -0.494 e. The molecule has 0 saturated carbocycles. The summed E-state index contributed by atoms with van der Waals surface area (Å²) in [5.41, 5.74) is 2.16. The largest absolute Gasteiger partial charge is 0.494 e. The highest BCUT2D eigenvalue weighted by molar-refractivity contribution is 9.10. The van der Waals surface area contributed by atoms with Gasteiger partial charge in [0.05, 0.1) is 34.3 Å². The Morgan fingerprint density at radius 1 is 1.00 bits per heavy atom. The maximum Gasteiger partial charge on any atom is 0.410 e. The van der Waals surface area contributed by atoms with Crippen LogP contribution in [0.1, 0.15) is 33.6 Å². The monoisotopic (exact) mass is 782 g/mol. The summed E-state index contributed by atoms with van der Waals surface area (Å²) in [5, 5.41) is 10.2. The van der Waals surface area contributed by atoms with Gasteiger partial charge in [-0.05, 0) is 87.1 Å². The number of piperazine rings is 1. The van der Waals surface area contributed by atoms with E-state index in [1.807, 2.05) is 57.2 Å². The SMILES string of the molecule is C=CC(=O)Nc1cc(Nc2ncc(Br)c(Nc3ccccc3P(C)(C)=O)n2)c(OC)cc1N1CCC(N2CCN(C(=O)OC(C)(C)C)CC2)CC1. The number of carbonyl (C=O) groups is 2. The van der Waals surface area contributed by atoms with Crippen LogP contribution in [-0.4, -0.2) is 103 Å². The van der Waals surface area contributed by atoms with Gasteiger partial charge in [0.1, 0.15) is 24.3 Å². The van der Waals surface area contributed by atoms with Gasteiger partial charge in [0.2, 0.25) is 11.9 Å². The normalized spacial score (nSPS) is 16.0. The van der Waals surface area contributed by atoms with Gasteiger partial charge in [-0.1, -0.05) is 18.7 Å². The molecule has 51 heavy (non-hydrogen) atoms. The van der Waals surface area contributed by atoms with E-state index < -0.39 is 12.7 Å². The third-order valence-electron chi connectivity index (χ3n) is 8.78. The van der Waals surface area contributed by atoms with Crippen LogP contribution in [0.4, 0.5) is 39.3 Å². The zero-order valence-corrected chi connectivity index (χ0v) is 32.6. The smallest absolute Gasteiger partial charge is 0.410 e. The van der Waals surface area contributed by atoms with Gasteiger partial charge in [0, 0.05) is 62.9 Å². The number of carbonyl (C=O) groups excluding carboxylic acids is 2. The average molecular weight is 784 g/mol. The topological polar surface area (TPSA) is 141 Å². The van der Waals surface area contributed by atoms with Gasteiger partial charge in [-0.2, -0.15) is 4.98 Å². The maximum absolute atomic E-state index is 12.9. The Hall–Kier alpha value is -4.13. The number of para-hydroxylation sites is 1. The molecule has 3 aromatic rings. The van der Waals surface area contributed by atoms with E-state index in [0.717, 1.165) is 50.0 Å². The highest BCUT2D eigenvalue weighted by Gasteiger charge is 2.31. The molecule has 2 fully saturated rings. The fourth-order valence-electron chi connectivity index (χ4n) is 6.26. The van der Waals surface area contributed by atoms with E-state index >= 15 is 0 Å². The van der Waals surface area contributed by atoms with E-state index in [1.54, 1.807) is 31.5 Å². The molecule has 2 saturated heterocycles. The van der Waals surface area contributed by atoms with Crippen LogP contribution in [-0.2, 0) is 14.1 Å². The number of ether oxygens (including phenoxy) is 2. The van der Waals surface area contributed by atoms with E-state index in [-0.39, 0.29) is 17.9 Å². The summed E-state index contributed by atoms with van der Waals surface area (Å²) >= 11 is 3.53. The molecule has 15 heteroatoms. The summed E-state index contributed by atoms with van der Waals surface area (Å²) < 4.78 is 25.0. The first kappa shape index (κ1) is 38.1. The average Bonchev–Trinajstić information content (AvgIpc) is 3.09. The van der Waals surface area contributed by atoms with Crippen LogP contribution in [0.15, 0.2) is 59.7 Å². The summed E-state index contributed by atoms with van der Waals surface area (Å²) in [7, 11) is -0.970. The second kappa shape index (κ2) is 16.0. The molecule has 0 atom stereocenters. The molecule has 2 aliphatic rings. The van der Waals surface area contributed by atoms with Crippen LogP contribution in [0.25, 0.3) is 0 Å². The molecule has 0 spiro atoms. The van der Waals surface area contributed by atoms with Crippen LogP contribution in [0.2, 0.25) is 0 Å². The lowest BCUT2D eigenvalue weighted by Gasteiger charge is -2.43. The van der Waals surface area contributed by atoms with Gasteiger partial charge in [0.15, 0.2) is 0 Å². The summed E-state index contributed by atoms with van der Waals surface area (Å²) in [6.45, 7) is 17.2. The first-order chi connectivity index (χ1) is 24.1. The summed E-state index contributed by atoms with van der Waals surface area (Å²) in [5.74, 6) is 0.984. The van der Waals surface area contributed by atoms with Crippen LogP contribution in [0.5, 0.6) is 5.75 Å². The zero-order chi connectivity index (χ0) is 36.9. The Bertz CT molecular complexity index is 1800. The predicted molar refractivity (Wildman–Crippen MR) is 208 cm³/mol. The molecule has 0 aliphatic carbocycles. The number of piperidine rings is 1. The molecule has 0 radical (unpaired) electrons. The second-order valence-corrected chi connectivity index (χ2v) is 18.0. The molecule has 2 amide bonds. The van der Waals surface area contributed by atoms with Crippen molar-refractivity contribution >= 4 is 74.9 Å². The lowest BCUT2D eigenvalue weighted by atomic mass is 10.0. The quantitative estimate of drug-likeness (QED) is 0.151. The number of aromatic nitrogens is 2. The van der Waals surface area contributed by atoms with Gasteiger partial charge in [-0.15, -0.1) is 0 Å². The van der Waals surface area contributed by atoms with E-state index in [4.69, 9.17) is 14.5 Å². The van der Waals surface area contributed by atoms with Crippen LogP contribution < -0.4 is 30.9 Å². The number of nitrogens with zero attached hydrogens (tertiary/aromatic N) is 5. The summed E-state index contributed by atoms with van der Waals surface area (Å²) in [4.78, 5) is 40.8. The van der Waals surface area contributed by atoms with Crippen LogP contribution >= 0.6 is 23.1 Å². The van der Waals surface area contributed by atoms with Gasteiger partial charge in [-0.25, -0.2) is 9.78 Å². The maximum atomic E-state index is 12.9. The third-order valence-corrected chi connectivity index (χ3v) is 10.9. The molecule has 274 valence electrons. The van der Waals surface area contributed by atoms with Crippen molar-refractivity contribution in [3.63, 3.8) is 0 Å². The summed E-state index contributed by atoms with van der Waals surface area (Å²) in [6, 6.07) is 11.6. The van der Waals surface area contributed by atoms with E-state index in [0.29, 0.717) is 52.2 Å². The Morgan fingerprint density at radius 3 is 2.31 bits per heavy atom. The number of anilines is 6. The van der Waals surface area contributed by atoms with Gasteiger partial charge < -0.3 is 39.8 Å². The van der Waals surface area contributed by atoms with Crippen molar-refractivity contribution in [2.45, 2.75) is 45.3 Å². The standard InChI is InChI=1S/C36H48BrN8O5P/c1-8-32(46)39-27-21-28(41-34-38-23-25(37)33(42-34)40-26-11-9-10-12-31(26)51(6,7)48)30(49-5)22-29(27)44-15-13-24(14-16-44)43-17-19-45(20-18-43)35(47)50-36(2,3)4/h8-12,21-24H,1,13-20H2,2-7H3,(H,39,46)(H2,38,40,41,42). The molecule has 5 rings (SSSR count). The Balaban J connectivity index is 1.31. The molecule has 1 aromatic heterocycles. The number of halogens is 1. The lowest BCUT2D eigenvalue weighted by molar-refractivity contribution is -0.111. The predicted octanol–water partition coefficient (Wildman–Crippen LogP) is 6.63. The molecular formula is C36H48BrN8O5P. The molecular weight excluding hydrogens is 735 g/mol. The van der Waals surface area contributed by atoms with Crippen molar-refractivity contribution in [1.82, 2.24) is 19.8 Å². The molecule has 0 bridgehead atoms. The van der Waals surface area contributed by atoms with Crippen LogP contribution in [0, 0.1) is 0 Å². The van der Waals surface area contributed by atoms with Crippen molar-refractivity contribution in [2.75, 3.05) is 80.6 Å². The number of methoxy groups -OCH3 is 1. The van der Waals surface area contributed by atoms with Crippen molar-refractivity contribution in [1.29, 1.82) is 0 Å². The first-order valence-corrected chi connectivity index (χ1v) is 20.4. The molecule has 3 heterocycles. The number of hydrogen-bond acceptors (Lipinski definition) is 11. The first-order valence-electron chi connectivity index (χ1n) is 17.0. The number of amides is 2. The molecule has 0 unspecified atom stereocenters. The Morgan fingerprint density at radius 2 is 1.69 bits per heavy atom. The molecule has 2 aliphatic heterocycles. The van der Waals surface area contributed by atoms with E-state index in [9.17, 15) is 14.2 Å². The van der Waals surface area contributed by atoms with Crippen molar-refractivity contribution in [2.24, 2.45) is 0 Å². The number of rotatable bonds is 10. The number of hydrogen-bond donors (Lipinski definition) is 3. The van der Waals surface area contributed by atoms with E-state index in [1.165, 1.54) is 6.08 Å². The van der Waals surface area contributed by atoms with Crippen molar-refractivity contribution in [3.8, 4) is 5.75 Å². The third kappa shape index (κ3) is 9.81. The van der Waals surface area contributed by atoms with Crippen LogP contribution in [0.3, 0.4) is 0 Å². The highest BCUT2D eigenvalue weighted by atomic mass is 79.9. The van der Waals surface area contributed by atoms with Gasteiger partial charge >= 0.3 is 6.09 Å². The lowest BCUT2D eigenvalue weighted by Crippen LogP contribution is -2.55. The number of benzene rings is 2. The Labute approximate surface area is 308 Å². The number of nitrogens with one attached hydrogen (secondary N) is 3. The molecule has 2 aromatic carbocycles. The molecule has 3 N–H and O–H groups in total. The summed E-state index contributed by atoms with van der Waals surface area (Å²) in [6.07, 6.45) is 4.47. The van der Waals surface area contributed by atoms with Gasteiger partial charge in [0.25, 0.3) is 0 Å². The second-order valence-electron chi connectivity index (χ2n) is 14.0. The fraction of sp³-hybridized carbons (Fsp3) is 0.444. The fourth-order valence-corrected chi connectivity index (χ4v) is 7.71. The minimum atomic E-state index is -2.56. The van der Waals surface area contributed by atoms with Crippen molar-refractivity contribution in [3.05, 3.63) is 59.7 Å². The molecule has 13 nitrogen and oxygen atoms in total. The zero-order valence-electron chi connectivity index (χ0n) is 30.2. The minimum absolute atomic E-state index is 0.256.